The zero-order chi connectivity index (χ0) is 12.3. The van der Waals surface area contributed by atoms with Gasteiger partial charge in [0.15, 0.2) is 5.11 Å². The summed E-state index contributed by atoms with van der Waals surface area (Å²) >= 11 is 4.62. The molecule has 0 heterocycles. The van der Waals surface area contributed by atoms with Gasteiger partial charge in [0.05, 0.1) is 17.7 Å². The van der Waals surface area contributed by atoms with Crippen molar-refractivity contribution < 1.29 is 17.7 Å². The molecule has 8 heteroatoms. The Morgan fingerprint density at radius 1 is 1.56 bits per heavy atom. The summed E-state index contributed by atoms with van der Waals surface area (Å²) in [6, 6.07) is 3.76. The number of ether oxygens (including phenoxy) is 1. The van der Waals surface area contributed by atoms with Crippen molar-refractivity contribution in [2.75, 3.05) is 12.4 Å². The number of methoxy groups -OCH3 is 1. The third-order valence-corrected chi connectivity index (χ3v) is 2.68. The Kier molecular flexibility index (Phi) is 3.68. The summed E-state index contributed by atoms with van der Waals surface area (Å²) in [5.41, 5.74) is 5.53. The SMILES string of the molecule is COc1ccc(S(=O)(=O)O)cc1NC(N)=S. The number of nitrogens with one attached hydrogen (secondary N) is 1. The lowest BCUT2D eigenvalue weighted by Gasteiger charge is -2.10. The van der Waals surface area contributed by atoms with Crippen molar-refractivity contribution in [1.29, 1.82) is 0 Å². The van der Waals surface area contributed by atoms with Gasteiger partial charge in [-0.05, 0) is 30.4 Å². The van der Waals surface area contributed by atoms with Gasteiger partial charge < -0.3 is 15.8 Å². The zero-order valence-corrected chi connectivity index (χ0v) is 9.93. The molecular weight excluding hydrogens is 252 g/mol. The summed E-state index contributed by atoms with van der Waals surface area (Å²) in [5.74, 6) is 0.361. The molecule has 0 aliphatic rings. The second kappa shape index (κ2) is 4.64. The van der Waals surface area contributed by atoms with Crippen molar-refractivity contribution in [3.8, 4) is 5.75 Å². The van der Waals surface area contributed by atoms with Crippen LogP contribution in [0.4, 0.5) is 5.69 Å². The van der Waals surface area contributed by atoms with Crippen LogP contribution < -0.4 is 15.8 Å². The Bertz CT molecular complexity index is 513. The van der Waals surface area contributed by atoms with E-state index in [1.165, 1.54) is 25.3 Å². The molecule has 6 nitrogen and oxygen atoms in total. The highest BCUT2D eigenvalue weighted by atomic mass is 32.2. The van der Waals surface area contributed by atoms with Crippen molar-refractivity contribution in [2.45, 2.75) is 4.90 Å². The summed E-state index contributed by atoms with van der Waals surface area (Å²) in [4.78, 5) is -0.271. The molecule has 0 spiro atoms. The molecule has 0 radical (unpaired) electrons. The molecule has 0 bridgehead atoms. The minimum Gasteiger partial charge on any atom is -0.495 e. The average molecular weight is 262 g/mol. The van der Waals surface area contributed by atoms with Crippen molar-refractivity contribution in [3.63, 3.8) is 0 Å². The fourth-order valence-corrected chi connectivity index (χ4v) is 1.69. The molecule has 0 fully saturated rings. The molecule has 0 atom stereocenters. The van der Waals surface area contributed by atoms with E-state index in [0.717, 1.165) is 0 Å². The predicted octanol–water partition coefficient (Wildman–Crippen LogP) is 0.597. The Balaban J connectivity index is 3.27. The number of thiocarbonyl (C=S) groups is 1. The van der Waals surface area contributed by atoms with Crippen LogP contribution >= 0.6 is 12.2 Å². The van der Waals surface area contributed by atoms with Crippen LogP contribution in [0.5, 0.6) is 5.75 Å². The van der Waals surface area contributed by atoms with E-state index in [9.17, 15) is 8.42 Å². The maximum atomic E-state index is 10.9. The first kappa shape index (κ1) is 12.7. The first-order chi connectivity index (χ1) is 7.34. The smallest absolute Gasteiger partial charge is 0.294 e. The maximum absolute atomic E-state index is 10.9. The van der Waals surface area contributed by atoms with Crippen LogP contribution in [0.1, 0.15) is 0 Å². The van der Waals surface area contributed by atoms with Crippen molar-refractivity contribution in [1.82, 2.24) is 0 Å². The molecule has 0 unspecified atom stereocenters. The fraction of sp³-hybridized carbons (Fsp3) is 0.125. The topological polar surface area (TPSA) is 102 Å². The van der Waals surface area contributed by atoms with Gasteiger partial charge in [0, 0.05) is 0 Å². The van der Waals surface area contributed by atoms with Gasteiger partial charge in [-0.1, -0.05) is 0 Å². The highest BCUT2D eigenvalue weighted by Crippen LogP contribution is 2.27. The lowest BCUT2D eigenvalue weighted by atomic mass is 10.3. The summed E-state index contributed by atoms with van der Waals surface area (Å²) in [6.45, 7) is 0. The summed E-state index contributed by atoms with van der Waals surface area (Å²) in [7, 11) is -2.86. The normalized spacial score (nSPS) is 10.9. The molecule has 0 saturated carbocycles. The first-order valence-corrected chi connectivity index (χ1v) is 5.91. The van der Waals surface area contributed by atoms with Gasteiger partial charge in [0.25, 0.3) is 10.1 Å². The van der Waals surface area contributed by atoms with Gasteiger partial charge in [0.1, 0.15) is 5.75 Å². The Labute approximate surface area is 98.2 Å². The summed E-state index contributed by atoms with van der Waals surface area (Å²) < 4.78 is 35.6. The van der Waals surface area contributed by atoms with Crippen LogP contribution in [0.15, 0.2) is 23.1 Å². The van der Waals surface area contributed by atoms with Crippen LogP contribution in [0, 0.1) is 0 Å². The lowest BCUT2D eigenvalue weighted by molar-refractivity contribution is 0.416. The van der Waals surface area contributed by atoms with E-state index in [1.807, 2.05) is 0 Å². The average Bonchev–Trinajstić information content (AvgIpc) is 2.15. The summed E-state index contributed by atoms with van der Waals surface area (Å²) in [5, 5.41) is 2.51. The van der Waals surface area contributed by atoms with Gasteiger partial charge in [0.2, 0.25) is 0 Å². The lowest BCUT2D eigenvalue weighted by Crippen LogP contribution is -2.19. The number of benzene rings is 1. The molecule has 1 aromatic carbocycles. The van der Waals surface area contributed by atoms with E-state index < -0.39 is 10.1 Å². The number of nitrogens with two attached hydrogens (primary N) is 1. The molecule has 4 N–H and O–H groups in total. The molecule has 0 saturated heterocycles. The third kappa shape index (κ3) is 3.05. The van der Waals surface area contributed by atoms with E-state index >= 15 is 0 Å². The predicted molar refractivity (Wildman–Crippen MR) is 63.2 cm³/mol. The second-order valence-electron chi connectivity index (χ2n) is 2.83. The molecular formula is C8H10N2O4S2. The number of hydrogen-bond donors (Lipinski definition) is 3. The minimum absolute atomic E-state index is 0.0363. The first-order valence-electron chi connectivity index (χ1n) is 4.06. The van der Waals surface area contributed by atoms with E-state index in [0.29, 0.717) is 5.75 Å². The van der Waals surface area contributed by atoms with Gasteiger partial charge in [-0.2, -0.15) is 8.42 Å². The maximum Gasteiger partial charge on any atom is 0.294 e. The van der Waals surface area contributed by atoms with Crippen molar-refractivity contribution in [3.05, 3.63) is 18.2 Å². The van der Waals surface area contributed by atoms with Crippen LogP contribution in [0.3, 0.4) is 0 Å². The van der Waals surface area contributed by atoms with Crippen LogP contribution in [0.25, 0.3) is 0 Å². The van der Waals surface area contributed by atoms with Crippen LogP contribution in [-0.4, -0.2) is 25.2 Å². The van der Waals surface area contributed by atoms with Gasteiger partial charge >= 0.3 is 0 Å². The second-order valence-corrected chi connectivity index (χ2v) is 4.69. The minimum atomic E-state index is -4.27. The Hall–Kier alpha value is -1.38. The molecule has 1 aromatic rings. The van der Waals surface area contributed by atoms with E-state index in [2.05, 4.69) is 17.5 Å². The summed E-state index contributed by atoms with van der Waals surface area (Å²) in [6.07, 6.45) is 0. The van der Waals surface area contributed by atoms with E-state index in [4.69, 9.17) is 15.0 Å². The van der Waals surface area contributed by atoms with Gasteiger partial charge in [-0.25, -0.2) is 0 Å². The molecule has 0 amide bonds. The highest BCUT2D eigenvalue weighted by Gasteiger charge is 2.13. The number of anilines is 1. The third-order valence-electron chi connectivity index (χ3n) is 1.73. The van der Waals surface area contributed by atoms with Crippen molar-refractivity contribution >= 4 is 33.1 Å². The quantitative estimate of drug-likeness (QED) is 0.541. The molecule has 1 rings (SSSR count). The number of hydrogen-bond acceptors (Lipinski definition) is 4. The van der Waals surface area contributed by atoms with E-state index in [-0.39, 0.29) is 15.7 Å². The fourth-order valence-electron chi connectivity index (χ4n) is 1.08. The van der Waals surface area contributed by atoms with Gasteiger partial charge in [-0.3, -0.25) is 4.55 Å². The standard InChI is InChI=1S/C8H10N2O4S2/c1-14-7-3-2-5(16(11,12)13)4-6(7)10-8(9)15/h2-4H,1H3,(H3,9,10,15)(H,11,12,13). The Morgan fingerprint density at radius 2 is 2.19 bits per heavy atom. The zero-order valence-electron chi connectivity index (χ0n) is 8.30. The molecule has 16 heavy (non-hydrogen) atoms. The Morgan fingerprint density at radius 3 is 2.62 bits per heavy atom. The van der Waals surface area contributed by atoms with Crippen LogP contribution in [-0.2, 0) is 10.1 Å². The van der Waals surface area contributed by atoms with E-state index in [1.54, 1.807) is 0 Å². The van der Waals surface area contributed by atoms with Crippen LogP contribution in [0.2, 0.25) is 0 Å². The molecule has 0 aromatic heterocycles. The molecule has 0 aliphatic carbocycles. The molecule has 0 aliphatic heterocycles. The highest BCUT2D eigenvalue weighted by molar-refractivity contribution is 7.85. The number of rotatable bonds is 3. The largest absolute Gasteiger partial charge is 0.495 e. The van der Waals surface area contributed by atoms with Crippen molar-refractivity contribution in [2.24, 2.45) is 5.73 Å². The molecule has 88 valence electrons. The monoisotopic (exact) mass is 262 g/mol. The van der Waals surface area contributed by atoms with Gasteiger partial charge in [-0.15, -0.1) is 0 Å².